The smallest absolute Gasteiger partial charge is 0.0948 e. The first-order chi connectivity index (χ1) is 8.09. The van der Waals surface area contributed by atoms with Crippen molar-refractivity contribution in [2.75, 3.05) is 6.54 Å². The minimum absolute atomic E-state index is 0.207. The van der Waals surface area contributed by atoms with Crippen LogP contribution in [0, 0.1) is 19.8 Å². The molecule has 0 bridgehead atoms. The second kappa shape index (κ2) is 5.19. The van der Waals surface area contributed by atoms with Crippen molar-refractivity contribution >= 4 is 0 Å². The van der Waals surface area contributed by atoms with Crippen molar-refractivity contribution in [2.45, 2.75) is 45.8 Å². The average Bonchev–Trinajstić information content (AvgIpc) is 2.28. The highest BCUT2D eigenvalue weighted by Crippen LogP contribution is 2.29. The third kappa shape index (κ3) is 2.70. The lowest BCUT2D eigenvalue weighted by molar-refractivity contribution is 0.100. The van der Waals surface area contributed by atoms with Crippen LogP contribution in [-0.2, 0) is 0 Å². The van der Waals surface area contributed by atoms with Gasteiger partial charge in [-0.3, -0.25) is 0 Å². The third-order valence-electron chi connectivity index (χ3n) is 3.92. The highest BCUT2D eigenvalue weighted by Gasteiger charge is 2.27. The van der Waals surface area contributed by atoms with Crippen LogP contribution in [0.3, 0.4) is 0 Å². The van der Waals surface area contributed by atoms with Gasteiger partial charge in [0.15, 0.2) is 0 Å². The van der Waals surface area contributed by atoms with E-state index in [1.807, 2.05) is 0 Å². The molecular formula is C15H23NO. The lowest BCUT2D eigenvalue weighted by Crippen LogP contribution is -2.41. The van der Waals surface area contributed by atoms with Crippen molar-refractivity contribution in [3.8, 4) is 0 Å². The van der Waals surface area contributed by atoms with Crippen LogP contribution in [0.2, 0.25) is 0 Å². The maximum Gasteiger partial charge on any atom is 0.0948 e. The van der Waals surface area contributed by atoms with Crippen LogP contribution in [0.5, 0.6) is 0 Å². The first-order valence-corrected chi connectivity index (χ1v) is 6.57. The van der Waals surface area contributed by atoms with Crippen LogP contribution in [0.1, 0.15) is 42.6 Å². The van der Waals surface area contributed by atoms with Crippen molar-refractivity contribution in [1.82, 2.24) is 5.32 Å². The lowest BCUT2D eigenvalue weighted by atomic mass is 9.86. The van der Waals surface area contributed by atoms with Crippen LogP contribution < -0.4 is 5.32 Å². The van der Waals surface area contributed by atoms with Gasteiger partial charge in [-0.1, -0.05) is 25.1 Å². The summed E-state index contributed by atoms with van der Waals surface area (Å²) < 4.78 is 0. The molecule has 1 aliphatic rings. The minimum Gasteiger partial charge on any atom is -0.387 e. The van der Waals surface area contributed by atoms with Crippen molar-refractivity contribution in [2.24, 2.45) is 5.92 Å². The SMILES string of the molecule is Cc1cccc(C)c1C(O)C1CC(C)CCN1. The normalized spacial score (nSPS) is 26.8. The summed E-state index contributed by atoms with van der Waals surface area (Å²) in [6.45, 7) is 7.45. The van der Waals surface area contributed by atoms with E-state index in [-0.39, 0.29) is 12.1 Å². The fourth-order valence-corrected chi connectivity index (χ4v) is 2.89. The Morgan fingerprint density at radius 1 is 1.29 bits per heavy atom. The van der Waals surface area contributed by atoms with Crippen molar-refractivity contribution in [3.63, 3.8) is 0 Å². The number of hydrogen-bond acceptors (Lipinski definition) is 2. The van der Waals surface area contributed by atoms with Crippen molar-refractivity contribution < 1.29 is 5.11 Å². The third-order valence-corrected chi connectivity index (χ3v) is 3.92. The van der Waals surface area contributed by atoms with E-state index in [0.29, 0.717) is 5.92 Å². The van der Waals surface area contributed by atoms with Gasteiger partial charge in [-0.05, 0) is 55.8 Å². The molecule has 3 unspecified atom stereocenters. The zero-order valence-electron chi connectivity index (χ0n) is 11.0. The first kappa shape index (κ1) is 12.6. The van der Waals surface area contributed by atoms with Crippen LogP contribution in [-0.4, -0.2) is 17.7 Å². The number of aliphatic hydroxyl groups is 1. The summed E-state index contributed by atoms with van der Waals surface area (Å²) in [4.78, 5) is 0. The molecule has 0 spiro atoms. The lowest BCUT2D eigenvalue weighted by Gasteiger charge is -2.33. The molecule has 2 N–H and O–H groups in total. The standard InChI is InChI=1S/C15H23NO/c1-10-7-8-16-13(9-10)15(17)14-11(2)5-4-6-12(14)3/h4-6,10,13,15-17H,7-9H2,1-3H3. The Hall–Kier alpha value is -0.860. The molecule has 94 valence electrons. The van der Waals surface area contributed by atoms with Crippen LogP contribution in [0.4, 0.5) is 0 Å². The molecule has 0 aromatic heterocycles. The van der Waals surface area contributed by atoms with Crippen LogP contribution in [0.15, 0.2) is 18.2 Å². The predicted molar refractivity (Wildman–Crippen MR) is 71.1 cm³/mol. The summed E-state index contributed by atoms with van der Waals surface area (Å²) in [6.07, 6.45) is 1.91. The van der Waals surface area contributed by atoms with Gasteiger partial charge in [0.25, 0.3) is 0 Å². The van der Waals surface area contributed by atoms with E-state index in [4.69, 9.17) is 0 Å². The second-order valence-electron chi connectivity index (χ2n) is 5.44. The number of aliphatic hydroxyl groups excluding tert-OH is 1. The monoisotopic (exact) mass is 233 g/mol. The zero-order valence-corrected chi connectivity index (χ0v) is 11.0. The molecule has 2 heteroatoms. The molecule has 1 heterocycles. The number of hydrogen-bond donors (Lipinski definition) is 2. The fourth-order valence-electron chi connectivity index (χ4n) is 2.89. The number of aryl methyl sites for hydroxylation is 2. The Bertz CT molecular complexity index is 368. The van der Waals surface area contributed by atoms with E-state index in [2.05, 4.69) is 44.3 Å². The summed E-state index contributed by atoms with van der Waals surface area (Å²) in [5.74, 6) is 0.709. The van der Waals surface area contributed by atoms with E-state index < -0.39 is 0 Å². The van der Waals surface area contributed by atoms with Gasteiger partial charge in [0, 0.05) is 6.04 Å². The van der Waals surface area contributed by atoms with Gasteiger partial charge in [0.2, 0.25) is 0 Å². The van der Waals surface area contributed by atoms with Crippen molar-refractivity contribution in [3.05, 3.63) is 34.9 Å². The molecule has 1 aromatic carbocycles. The Kier molecular flexibility index (Phi) is 3.85. The number of rotatable bonds is 2. The van der Waals surface area contributed by atoms with Gasteiger partial charge in [-0.2, -0.15) is 0 Å². The van der Waals surface area contributed by atoms with Gasteiger partial charge in [-0.25, -0.2) is 0 Å². The molecule has 2 rings (SSSR count). The van der Waals surface area contributed by atoms with Gasteiger partial charge in [-0.15, -0.1) is 0 Å². The molecule has 1 fully saturated rings. The fraction of sp³-hybridized carbons (Fsp3) is 0.600. The van der Waals surface area contributed by atoms with Crippen LogP contribution >= 0.6 is 0 Å². The maximum absolute atomic E-state index is 10.6. The molecule has 3 atom stereocenters. The minimum atomic E-state index is -0.376. The maximum atomic E-state index is 10.6. The van der Waals surface area contributed by atoms with Gasteiger partial charge >= 0.3 is 0 Å². The average molecular weight is 233 g/mol. The van der Waals surface area contributed by atoms with E-state index in [9.17, 15) is 5.11 Å². The van der Waals surface area contributed by atoms with Crippen LogP contribution in [0.25, 0.3) is 0 Å². The van der Waals surface area contributed by atoms with E-state index in [1.54, 1.807) is 0 Å². The Balaban J connectivity index is 2.21. The summed E-state index contributed by atoms with van der Waals surface area (Å²) in [5, 5.41) is 14.0. The van der Waals surface area contributed by atoms with E-state index in [0.717, 1.165) is 18.5 Å². The molecule has 1 aromatic rings. The van der Waals surface area contributed by atoms with Gasteiger partial charge in [0.05, 0.1) is 6.10 Å². The number of benzene rings is 1. The molecule has 0 radical (unpaired) electrons. The van der Waals surface area contributed by atoms with Gasteiger partial charge in [0.1, 0.15) is 0 Å². The van der Waals surface area contributed by atoms with E-state index in [1.165, 1.54) is 17.5 Å². The second-order valence-corrected chi connectivity index (χ2v) is 5.44. The molecular weight excluding hydrogens is 210 g/mol. The number of nitrogens with one attached hydrogen (secondary N) is 1. The summed E-state index contributed by atoms with van der Waals surface area (Å²) in [7, 11) is 0. The highest BCUT2D eigenvalue weighted by atomic mass is 16.3. The van der Waals surface area contributed by atoms with E-state index >= 15 is 0 Å². The Morgan fingerprint density at radius 2 is 1.94 bits per heavy atom. The Morgan fingerprint density at radius 3 is 2.53 bits per heavy atom. The topological polar surface area (TPSA) is 32.3 Å². The molecule has 2 nitrogen and oxygen atoms in total. The zero-order chi connectivity index (χ0) is 12.4. The quantitative estimate of drug-likeness (QED) is 0.823. The summed E-state index contributed by atoms with van der Waals surface area (Å²) in [6, 6.07) is 6.42. The first-order valence-electron chi connectivity index (χ1n) is 6.57. The Labute approximate surface area is 104 Å². The highest BCUT2D eigenvalue weighted by molar-refractivity contribution is 5.36. The molecule has 0 aliphatic carbocycles. The molecule has 1 aliphatic heterocycles. The number of piperidine rings is 1. The molecule has 0 saturated carbocycles. The molecule has 1 saturated heterocycles. The summed E-state index contributed by atoms with van der Waals surface area (Å²) in [5.41, 5.74) is 3.49. The summed E-state index contributed by atoms with van der Waals surface area (Å²) >= 11 is 0. The predicted octanol–water partition coefficient (Wildman–Crippen LogP) is 2.72. The molecule has 0 amide bonds. The van der Waals surface area contributed by atoms with Crippen molar-refractivity contribution in [1.29, 1.82) is 0 Å². The molecule has 17 heavy (non-hydrogen) atoms. The largest absolute Gasteiger partial charge is 0.387 e. The van der Waals surface area contributed by atoms with Gasteiger partial charge < -0.3 is 10.4 Å².